The van der Waals surface area contributed by atoms with E-state index in [0.29, 0.717) is 11.5 Å². The monoisotopic (exact) mass is 344 g/mol. The molecule has 0 amide bonds. The van der Waals surface area contributed by atoms with E-state index >= 15 is 0 Å². The van der Waals surface area contributed by atoms with E-state index in [4.69, 9.17) is 17.5 Å². The van der Waals surface area contributed by atoms with E-state index in [9.17, 15) is 0 Å². The molecule has 2 rings (SSSR count). The first kappa shape index (κ1) is 18.7. The lowest BCUT2D eigenvalue weighted by molar-refractivity contribution is 0.140. The van der Waals surface area contributed by atoms with Crippen LogP contribution in [-0.4, -0.2) is 36.2 Å². The normalized spacial score (nSPS) is 21.0. The number of piperidine rings is 1. The minimum Gasteiger partial charge on any atom is -0.362 e. The molecule has 1 aliphatic rings. The van der Waals surface area contributed by atoms with Crippen molar-refractivity contribution >= 4 is 23.0 Å². The van der Waals surface area contributed by atoms with E-state index in [1.807, 2.05) is 24.3 Å². The molecule has 1 aromatic rings. The predicted molar refractivity (Wildman–Crippen MR) is 104 cm³/mol. The van der Waals surface area contributed by atoms with Gasteiger partial charge in [0.1, 0.15) is 0 Å². The number of nitriles is 1. The highest BCUT2D eigenvalue weighted by atomic mass is 32.1. The van der Waals surface area contributed by atoms with Crippen molar-refractivity contribution in [3.8, 4) is 6.07 Å². The molecule has 0 aliphatic carbocycles. The lowest BCUT2D eigenvalue weighted by atomic mass is 9.92. The number of hydrogen-bond donors (Lipinski definition) is 2. The Morgan fingerprint density at radius 3 is 2.54 bits per heavy atom. The predicted octanol–water partition coefficient (Wildman–Crippen LogP) is 3.41. The van der Waals surface area contributed by atoms with E-state index in [-0.39, 0.29) is 0 Å². The maximum atomic E-state index is 8.68. The Hall–Kier alpha value is -1.64. The molecule has 24 heavy (non-hydrogen) atoms. The third-order valence-corrected chi connectivity index (χ3v) is 4.62. The molecule has 1 aliphatic heterocycles. The van der Waals surface area contributed by atoms with E-state index in [2.05, 4.69) is 35.5 Å². The van der Waals surface area contributed by atoms with Crippen LogP contribution in [0, 0.1) is 23.2 Å². The Morgan fingerprint density at radius 2 is 1.92 bits per heavy atom. The summed E-state index contributed by atoms with van der Waals surface area (Å²) in [4.78, 5) is 2.57. The van der Waals surface area contributed by atoms with Gasteiger partial charge in [0, 0.05) is 25.3 Å². The van der Waals surface area contributed by atoms with Crippen molar-refractivity contribution < 1.29 is 0 Å². The van der Waals surface area contributed by atoms with E-state index < -0.39 is 0 Å². The lowest BCUT2D eigenvalue weighted by Crippen LogP contribution is -2.40. The second kappa shape index (κ2) is 9.61. The summed E-state index contributed by atoms with van der Waals surface area (Å²) in [6.45, 7) is 9.17. The second-order valence-electron chi connectivity index (χ2n) is 6.97. The Labute approximate surface area is 151 Å². The van der Waals surface area contributed by atoms with Gasteiger partial charge in [-0.1, -0.05) is 26.0 Å². The number of anilines is 1. The molecule has 0 aromatic heterocycles. The number of benzene rings is 1. The zero-order valence-electron chi connectivity index (χ0n) is 14.7. The number of hydrogen-bond acceptors (Lipinski definition) is 3. The molecule has 0 bridgehead atoms. The van der Waals surface area contributed by atoms with Crippen LogP contribution in [0.4, 0.5) is 5.69 Å². The van der Waals surface area contributed by atoms with Gasteiger partial charge in [0.05, 0.1) is 12.5 Å². The van der Waals surface area contributed by atoms with Crippen LogP contribution in [0.3, 0.4) is 0 Å². The summed E-state index contributed by atoms with van der Waals surface area (Å²) in [6, 6.07) is 9.96. The Kier molecular flexibility index (Phi) is 7.48. The molecule has 1 fully saturated rings. The maximum Gasteiger partial charge on any atom is 0.170 e. The van der Waals surface area contributed by atoms with Crippen LogP contribution in [0.1, 0.15) is 32.3 Å². The molecule has 5 heteroatoms. The minimum absolute atomic E-state index is 0.441. The summed E-state index contributed by atoms with van der Waals surface area (Å²) < 4.78 is 0. The van der Waals surface area contributed by atoms with Crippen LogP contribution >= 0.6 is 12.2 Å². The van der Waals surface area contributed by atoms with Gasteiger partial charge < -0.3 is 15.5 Å². The van der Waals surface area contributed by atoms with Crippen LogP contribution in [0.5, 0.6) is 0 Å². The quantitative estimate of drug-likeness (QED) is 0.612. The van der Waals surface area contributed by atoms with Gasteiger partial charge in [-0.3, -0.25) is 0 Å². The van der Waals surface area contributed by atoms with Crippen LogP contribution in [0.15, 0.2) is 24.3 Å². The third kappa shape index (κ3) is 6.46. The van der Waals surface area contributed by atoms with Gasteiger partial charge in [-0.15, -0.1) is 0 Å². The molecule has 130 valence electrons. The number of nitrogens with one attached hydrogen (secondary N) is 2. The molecule has 1 saturated heterocycles. The third-order valence-electron chi connectivity index (χ3n) is 4.38. The molecular weight excluding hydrogens is 316 g/mol. The van der Waals surface area contributed by atoms with Gasteiger partial charge in [0.15, 0.2) is 5.11 Å². The smallest absolute Gasteiger partial charge is 0.170 e. The molecule has 2 N–H and O–H groups in total. The van der Waals surface area contributed by atoms with Crippen molar-refractivity contribution in [1.82, 2.24) is 10.2 Å². The number of likely N-dealkylation sites (tertiary alicyclic amines) is 1. The van der Waals surface area contributed by atoms with Gasteiger partial charge in [-0.25, -0.2) is 0 Å². The van der Waals surface area contributed by atoms with Gasteiger partial charge in [-0.2, -0.15) is 5.26 Å². The van der Waals surface area contributed by atoms with Gasteiger partial charge in [0.25, 0.3) is 0 Å². The summed E-state index contributed by atoms with van der Waals surface area (Å²) in [5, 5.41) is 15.8. The average molecular weight is 345 g/mol. The summed E-state index contributed by atoms with van der Waals surface area (Å²) in [5.41, 5.74) is 1.97. The first-order chi connectivity index (χ1) is 11.6. The SMILES string of the molecule is C[C@@H]1C[C@H](C)CN(CCCNC(=S)Nc2ccc(CC#N)cc2)C1. The summed E-state index contributed by atoms with van der Waals surface area (Å²) in [6.07, 6.45) is 2.90. The van der Waals surface area contributed by atoms with Crippen LogP contribution < -0.4 is 10.6 Å². The number of nitrogens with zero attached hydrogens (tertiary/aromatic N) is 2. The molecule has 2 atom stereocenters. The zero-order valence-corrected chi connectivity index (χ0v) is 15.5. The standard InChI is InChI=1S/C19H28N4S/c1-15-12-16(2)14-23(13-15)11-3-10-21-19(24)22-18-6-4-17(5-7-18)8-9-20/h4-7,15-16H,3,8,10-14H2,1-2H3,(H2,21,22,24)/t15-,16+. The topological polar surface area (TPSA) is 51.1 Å². The summed E-state index contributed by atoms with van der Waals surface area (Å²) in [5.74, 6) is 1.63. The van der Waals surface area contributed by atoms with E-state index in [1.54, 1.807) is 0 Å². The maximum absolute atomic E-state index is 8.68. The molecule has 0 spiro atoms. The molecule has 1 heterocycles. The van der Waals surface area contributed by atoms with Gasteiger partial charge in [-0.05, 0) is 61.1 Å². The molecule has 0 radical (unpaired) electrons. The van der Waals surface area contributed by atoms with E-state index in [0.717, 1.165) is 42.6 Å². The molecule has 0 saturated carbocycles. The number of thiocarbonyl (C=S) groups is 1. The second-order valence-corrected chi connectivity index (χ2v) is 7.38. The van der Waals surface area contributed by atoms with Crippen molar-refractivity contribution in [2.75, 3.05) is 31.5 Å². The first-order valence-corrected chi connectivity index (χ1v) is 9.20. The van der Waals surface area contributed by atoms with Crippen LogP contribution in [0.25, 0.3) is 0 Å². The molecular formula is C19H28N4S. The van der Waals surface area contributed by atoms with Crippen LogP contribution in [-0.2, 0) is 6.42 Å². The fraction of sp³-hybridized carbons (Fsp3) is 0.579. The largest absolute Gasteiger partial charge is 0.362 e. The van der Waals surface area contributed by atoms with Gasteiger partial charge in [0.2, 0.25) is 0 Å². The Bertz CT molecular complexity index is 554. The fourth-order valence-corrected chi connectivity index (χ4v) is 3.67. The lowest BCUT2D eigenvalue weighted by Gasteiger charge is -2.34. The summed E-state index contributed by atoms with van der Waals surface area (Å²) >= 11 is 5.34. The zero-order chi connectivity index (χ0) is 17.4. The van der Waals surface area contributed by atoms with Crippen molar-refractivity contribution in [2.45, 2.75) is 33.1 Å². The Morgan fingerprint density at radius 1 is 1.25 bits per heavy atom. The number of rotatable bonds is 6. The fourth-order valence-electron chi connectivity index (χ4n) is 3.45. The highest BCUT2D eigenvalue weighted by molar-refractivity contribution is 7.80. The highest BCUT2D eigenvalue weighted by Gasteiger charge is 2.20. The molecule has 0 unspecified atom stereocenters. The van der Waals surface area contributed by atoms with Crippen molar-refractivity contribution in [3.05, 3.63) is 29.8 Å². The Balaban J connectivity index is 1.63. The van der Waals surface area contributed by atoms with Crippen molar-refractivity contribution in [1.29, 1.82) is 5.26 Å². The van der Waals surface area contributed by atoms with Gasteiger partial charge >= 0.3 is 0 Å². The van der Waals surface area contributed by atoms with Crippen molar-refractivity contribution in [3.63, 3.8) is 0 Å². The van der Waals surface area contributed by atoms with Crippen molar-refractivity contribution in [2.24, 2.45) is 11.8 Å². The average Bonchev–Trinajstić information content (AvgIpc) is 2.53. The van der Waals surface area contributed by atoms with E-state index in [1.165, 1.54) is 19.5 Å². The molecule has 1 aromatic carbocycles. The van der Waals surface area contributed by atoms with Crippen LogP contribution in [0.2, 0.25) is 0 Å². The first-order valence-electron chi connectivity index (χ1n) is 8.80. The highest BCUT2D eigenvalue weighted by Crippen LogP contribution is 2.20. The summed E-state index contributed by atoms with van der Waals surface area (Å²) in [7, 11) is 0. The molecule has 4 nitrogen and oxygen atoms in total. The minimum atomic E-state index is 0.441.